The number of aromatic nitrogens is 2. The molecule has 34 heavy (non-hydrogen) atoms. The average molecular weight is 479 g/mol. The number of carbonyl (C=O) groups is 1. The fourth-order valence-corrected chi connectivity index (χ4v) is 5.69. The lowest BCUT2D eigenvalue weighted by Gasteiger charge is -2.16. The summed E-state index contributed by atoms with van der Waals surface area (Å²) in [5.41, 5.74) is 2.97. The summed E-state index contributed by atoms with van der Waals surface area (Å²) < 4.78 is 42.6. The summed E-state index contributed by atoms with van der Waals surface area (Å²) in [6, 6.07) is 15.7. The van der Waals surface area contributed by atoms with E-state index in [4.69, 9.17) is 0 Å². The summed E-state index contributed by atoms with van der Waals surface area (Å²) in [6.07, 6.45) is 3.47. The minimum absolute atomic E-state index is 0.0922. The number of nitrogens with zero attached hydrogens (tertiary/aromatic N) is 3. The smallest absolute Gasteiger partial charge is 0.256 e. The van der Waals surface area contributed by atoms with Crippen LogP contribution in [0.1, 0.15) is 28.8 Å². The van der Waals surface area contributed by atoms with Gasteiger partial charge in [0.15, 0.2) is 0 Å². The third-order valence-electron chi connectivity index (χ3n) is 5.93. The van der Waals surface area contributed by atoms with Gasteiger partial charge in [-0.15, -0.1) is 0 Å². The van der Waals surface area contributed by atoms with Gasteiger partial charge in [-0.1, -0.05) is 6.07 Å². The molecule has 3 heterocycles. The van der Waals surface area contributed by atoms with Gasteiger partial charge in [-0.2, -0.15) is 4.31 Å². The summed E-state index contributed by atoms with van der Waals surface area (Å²) in [5.74, 6) is -0.423. The third-order valence-corrected chi connectivity index (χ3v) is 7.82. The molecule has 0 saturated carbocycles. The first kappa shape index (κ1) is 22.2. The molecule has 0 unspecified atom stereocenters. The van der Waals surface area contributed by atoms with E-state index in [1.807, 2.05) is 19.1 Å². The van der Waals surface area contributed by atoms with Crippen molar-refractivity contribution < 1.29 is 17.6 Å². The van der Waals surface area contributed by atoms with Crippen LogP contribution in [0.5, 0.6) is 0 Å². The Kier molecular flexibility index (Phi) is 5.66. The number of benzene rings is 2. The first-order valence-electron chi connectivity index (χ1n) is 11.0. The Balaban J connectivity index is 1.53. The lowest BCUT2D eigenvalue weighted by molar-refractivity contribution is 0.102. The molecule has 4 aromatic rings. The zero-order valence-electron chi connectivity index (χ0n) is 18.5. The van der Waals surface area contributed by atoms with E-state index in [2.05, 4.69) is 10.3 Å². The summed E-state index contributed by atoms with van der Waals surface area (Å²) in [6.45, 7) is 2.92. The topological polar surface area (TPSA) is 83.8 Å². The van der Waals surface area contributed by atoms with Gasteiger partial charge in [-0.25, -0.2) is 17.8 Å². The molecule has 174 valence electrons. The highest BCUT2D eigenvalue weighted by Gasteiger charge is 2.28. The Labute approximate surface area is 196 Å². The first-order chi connectivity index (χ1) is 16.3. The van der Waals surface area contributed by atoms with Crippen LogP contribution in [0.2, 0.25) is 0 Å². The first-order valence-corrected chi connectivity index (χ1v) is 12.4. The Morgan fingerprint density at radius 2 is 1.76 bits per heavy atom. The number of carbonyl (C=O) groups excluding carboxylic acids is 1. The Hall–Kier alpha value is -3.56. The van der Waals surface area contributed by atoms with Crippen molar-refractivity contribution in [3.63, 3.8) is 0 Å². The predicted octanol–water partition coefficient (Wildman–Crippen LogP) is 4.49. The molecule has 0 aliphatic carbocycles. The zero-order valence-corrected chi connectivity index (χ0v) is 19.3. The van der Waals surface area contributed by atoms with Crippen molar-refractivity contribution in [1.82, 2.24) is 13.7 Å². The molecule has 1 aliphatic heterocycles. The van der Waals surface area contributed by atoms with Crippen LogP contribution in [-0.2, 0) is 10.0 Å². The molecule has 1 aliphatic rings. The number of imidazole rings is 1. The molecular weight excluding hydrogens is 455 g/mol. The van der Waals surface area contributed by atoms with Crippen molar-refractivity contribution in [2.45, 2.75) is 24.7 Å². The van der Waals surface area contributed by atoms with Gasteiger partial charge in [0.2, 0.25) is 10.0 Å². The molecule has 1 saturated heterocycles. The second-order valence-corrected chi connectivity index (χ2v) is 10.3. The van der Waals surface area contributed by atoms with E-state index in [9.17, 15) is 17.6 Å². The number of aryl methyl sites for hydroxylation is 1. The number of fused-ring (bicyclic) bond motifs is 1. The molecule has 5 rings (SSSR count). The largest absolute Gasteiger partial charge is 0.306 e. The minimum Gasteiger partial charge on any atom is -0.306 e. The summed E-state index contributed by atoms with van der Waals surface area (Å²) in [7, 11) is -3.65. The molecule has 1 fully saturated rings. The van der Waals surface area contributed by atoms with E-state index in [0.717, 1.165) is 18.4 Å². The zero-order chi connectivity index (χ0) is 23.9. The highest BCUT2D eigenvalue weighted by molar-refractivity contribution is 7.89. The molecule has 7 nitrogen and oxygen atoms in total. The summed E-state index contributed by atoms with van der Waals surface area (Å²) in [4.78, 5) is 18.0. The molecule has 2 aromatic carbocycles. The molecule has 0 radical (unpaired) electrons. The van der Waals surface area contributed by atoms with E-state index in [-0.39, 0.29) is 16.3 Å². The van der Waals surface area contributed by atoms with Gasteiger partial charge in [0.1, 0.15) is 23.0 Å². The van der Waals surface area contributed by atoms with Crippen molar-refractivity contribution in [2.24, 2.45) is 0 Å². The summed E-state index contributed by atoms with van der Waals surface area (Å²) in [5, 5.41) is 2.89. The van der Waals surface area contributed by atoms with E-state index in [0.29, 0.717) is 35.8 Å². The molecule has 2 aromatic heterocycles. The maximum atomic E-state index is 13.5. The fraction of sp³-hybridized carbons (Fsp3) is 0.200. The molecule has 0 spiro atoms. The average Bonchev–Trinajstić information content (AvgIpc) is 3.49. The van der Waals surface area contributed by atoms with E-state index < -0.39 is 15.9 Å². The number of amides is 1. The lowest BCUT2D eigenvalue weighted by atomic mass is 10.1. The monoisotopic (exact) mass is 478 g/mol. The number of halogens is 1. The highest BCUT2D eigenvalue weighted by atomic mass is 32.2. The van der Waals surface area contributed by atoms with Crippen LogP contribution in [0.25, 0.3) is 16.9 Å². The van der Waals surface area contributed by atoms with Gasteiger partial charge < -0.3 is 5.32 Å². The van der Waals surface area contributed by atoms with E-state index >= 15 is 0 Å². The number of pyridine rings is 1. The summed E-state index contributed by atoms with van der Waals surface area (Å²) >= 11 is 0. The van der Waals surface area contributed by atoms with E-state index in [1.54, 1.807) is 34.9 Å². The molecule has 0 bridgehead atoms. The van der Waals surface area contributed by atoms with Crippen molar-refractivity contribution in [1.29, 1.82) is 0 Å². The van der Waals surface area contributed by atoms with Crippen LogP contribution >= 0.6 is 0 Å². The van der Waals surface area contributed by atoms with Crippen molar-refractivity contribution in [2.75, 3.05) is 18.4 Å². The normalized spacial score (nSPS) is 14.5. The maximum absolute atomic E-state index is 13.5. The quantitative estimate of drug-likeness (QED) is 0.458. The van der Waals surface area contributed by atoms with Crippen molar-refractivity contribution in [3.8, 4) is 11.3 Å². The van der Waals surface area contributed by atoms with Gasteiger partial charge in [0.05, 0.1) is 4.90 Å². The number of rotatable bonds is 5. The van der Waals surface area contributed by atoms with Crippen LogP contribution in [0, 0.1) is 12.7 Å². The van der Waals surface area contributed by atoms with Gasteiger partial charge >= 0.3 is 0 Å². The van der Waals surface area contributed by atoms with Gasteiger partial charge in [-0.3, -0.25) is 9.20 Å². The number of sulfonamides is 1. The van der Waals surface area contributed by atoms with Crippen LogP contribution < -0.4 is 5.32 Å². The van der Waals surface area contributed by atoms with Gasteiger partial charge in [-0.05, 0) is 79.9 Å². The third kappa shape index (κ3) is 4.08. The fourth-order valence-electron chi connectivity index (χ4n) is 4.13. The van der Waals surface area contributed by atoms with Crippen molar-refractivity contribution in [3.05, 3.63) is 83.8 Å². The highest BCUT2D eigenvalue weighted by Crippen LogP contribution is 2.30. The number of nitrogens with one attached hydrogen (secondary N) is 1. The standard InChI is InChI=1S/C25H23FN4O3S/c1-17-11-14-30-22(15-17)27-23(18-7-9-20(26)10-8-18)24(30)28-25(31)19-5-4-6-21(16-19)34(32,33)29-12-2-3-13-29/h4-11,14-16H,2-3,12-13H2,1H3,(H,28,31). The SMILES string of the molecule is Cc1ccn2c(NC(=O)c3cccc(S(=O)(=O)N4CCCC4)c3)c(-c3ccc(F)cc3)nc2c1. The van der Waals surface area contributed by atoms with E-state index in [1.165, 1.54) is 28.6 Å². The molecule has 9 heteroatoms. The van der Waals surface area contributed by atoms with Crippen LogP contribution in [0.4, 0.5) is 10.2 Å². The lowest BCUT2D eigenvalue weighted by Crippen LogP contribution is -2.28. The molecular formula is C25H23FN4O3S. The molecule has 1 amide bonds. The minimum atomic E-state index is -3.65. The second kappa shape index (κ2) is 8.66. The molecule has 1 N–H and O–H groups in total. The van der Waals surface area contributed by atoms with Crippen LogP contribution in [0.15, 0.2) is 71.8 Å². The van der Waals surface area contributed by atoms with Crippen molar-refractivity contribution >= 4 is 27.4 Å². The van der Waals surface area contributed by atoms with Crippen LogP contribution in [-0.4, -0.2) is 41.1 Å². The van der Waals surface area contributed by atoms with Gasteiger partial charge in [0, 0.05) is 30.4 Å². The predicted molar refractivity (Wildman–Crippen MR) is 128 cm³/mol. The number of hydrogen-bond acceptors (Lipinski definition) is 4. The second-order valence-electron chi connectivity index (χ2n) is 8.34. The Bertz CT molecular complexity index is 1490. The Morgan fingerprint density at radius 3 is 2.50 bits per heavy atom. The number of hydrogen-bond donors (Lipinski definition) is 1. The number of anilines is 1. The van der Waals surface area contributed by atoms with Gasteiger partial charge in [0.25, 0.3) is 5.91 Å². The maximum Gasteiger partial charge on any atom is 0.256 e. The van der Waals surface area contributed by atoms with Crippen LogP contribution in [0.3, 0.4) is 0 Å². The Morgan fingerprint density at radius 1 is 1.03 bits per heavy atom. The molecule has 0 atom stereocenters.